The van der Waals surface area contributed by atoms with Crippen molar-refractivity contribution in [1.29, 1.82) is 5.26 Å². The molecule has 0 bridgehead atoms. The first kappa shape index (κ1) is 41.3. The van der Waals surface area contributed by atoms with Crippen LogP contribution in [0.5, 0.6) is 11.5 Å². The Bertz CT molecular complexity index is 1940. The maximum absolute atomic E-state index is 15.0. The number of hydrogen-bond donors (Lipinski definition) is 1. The SMILES string of the molecule is CCC[C@H]1N(Cc2ncccc2C(F)(F)F)CCC[C@@]1(Oc1csc(C(F)(F)F)c1)C(=O)N1CCC(C#N)(c2ccccc2O[C@@H]2CC[C@](C)(C(=O)O)C2)CC1. The Kier molecular flexibility index (Phi) is 11.7. The van der Waals surface area contributed by atoms with Crippen molar-refractivity contribution in [3.8, 4) is 17.6 Å². The first-order valence-corrected chi connectivity index (χ1v) is 19.6. The number of aliphatic carboxylic acids is 1. The van der Waals surface area contributed by atoms with Crippen LogP contribution in [0, 0.1) is 16.7 Å². The van der Waals surface area contributed by atoms with Crippen molar-refractivity contribution in [2.24, 2.45) is 5.41 Å². The number of amides is 1. The number of ether oxygens (including phenoxy) is 2. The van der Waals surface area contributed by atoms with Gasteiger partial charge in [-0.3, -0.25) is 19.5 Å². The fourth-order valence-corrected chi connectivity index (χ4v) is 9.30. The number of carbonyl (C=O) groups excluding carboxylic acids is 1. The Morgan fingerprint density at radius 3 is 2.39 bits per heavy atom. The number of thiophene rings is 1. The highest BCUT2D eigenvalue weighted by molar-refractivity contribution is 7.10. The predicted molar refractivity (Wildman–Crippen MR) is 194 cm³/mol. The number of hydrogen-bond acceptors (Lipinski definition) is 8. The van der Waals surface area contributed by atoms with E-state index < -0.39 is 57.1 Å². The number of carbonyl (C=O) groups is 2. The summed E-state index contributed by atoms with van der Waals surface area (Å²) in [4.78, 5) is 33.3. The van der Waals surface area contributed by atoms with Crippen LogP contribution in [0.3, 0.4) is 0 Å². The third-order valence-corrected chi connectivity index (χ3v) is 12.6. The Morgan fingerprint density at radius 2 is 1.77 bits per heavy atom. The maximum Gasteiger partial charge on any atom is 0.425 e. The number of aromatic nitrogens is 1. The lowest BCUT2D eigenvalue weighted by Crippen LogP contribution is -2.67. The molecule has 0 unspecified atom stereocenters. The first-order valence-electron chi connectivity index (χ1n) is 18.7. The van der Waals surface area contributed by atoms with Gasteiger partial charge in [0.2, 0.25) is 5.60 Å². The molecule has 0 radical (unpaired) electrons. The number of likely N-dealkylation sites (tertiary alicyclic amines) is 2. The minimum Gasteiger partial charge on any atom is -0.490 e. The lowest BCUT2D eigenvalue weighted by molar-refractivity contribution is -0.163. The van der Waals surface area contributed by atoms with Crippen molar-refractivity contribution in [3.63, 3.8) is 0 Å². The van der Waals surface area contributed by atoms with Crippen LogP contribution in [-0.4, -0.2) is 69.1 Å². The van der Waals surface area contributed by atoms with Gasteiger partial charge in [0.1, 0.15) is 16.4 Å². The number of halogens is 6. The molecular weight excluding hydrogens is 763 g/mol. The third kappa shape index (κ3) is 8.20. The number of carboxylic acid groups (broad SMARTS) is 1. The third-order valence-electron chi connectivity index (χ3n) is 11.6. The van der Waals surface area contributed by atoms with E-state index in [1.165, 1.54) is 17.6 Å². The highest BCUT2D eigenvalue weighted by Gasteiger charge is 2.56. The highest BCUT2D eigenvalue weighted by atomic mass is 32.1. The van der Waals surface area contributed by atoms with Gasteiger partial charge in [0.05, 0.1) is 40.3 Å². The molecule has 0 spiro atoms. The van der Waals surface area contributed by atoms with Gasteiger partial charge in [0.15, 0.2) is 0 Å². The summed E-state index contributed by atoms with van der Waals surface area (Å²) in [6.45, 7) is 3.74. The standard InChI is InChI=1S/C40H44F6N4O5S/c1-3-8-32-38(55-27-21-33(56-24-27)40(44,45)46,13-7-18-50(32)23-30-28(39(41,42)43)10-6-17-48-30)34(51)49-19-15-37(25-47,16-20-49)29-9-4-5-11-31(29)54-26-12-14-36(2,22-26)35(52)53/h4-6,9-11,17,21,24,26,32H,3,7-8,12-16,18-20,22-23H2,1-2H3,(H,52,53)/t26-,32-,36+,38+/m1/s1. The van der Waals surface area contributed by atoms with E-state index in [1.807, 2.05) is 6.92 Å². The molecule has 1 N–H and O–H groups in total. The van der Waals surface area contributed by atoms with Gasteiger partial charge >= 0.3 is 18.3 Å². The van der Waals surface area contributed by atoms with Crippen molar-refractivity contribution in [1.82, 2.24) is 14.8 Å². The molecule has 1 aliphatic carbocycles. The van der Waals surface area contributed by atoms with Gasteiger partial charge in [-0.1, -0.05) is 31.5 Å². The highest BCUT2D eigenvalue weighted by Crippen LogP contribution is 2.46. The molecule has 3 aliphatic rings. The fourth-order valence-electron chi connectivity index (χ4n) is 8.62. The van der Waals surface area contributed by atoms with E-state index in [2.05, 4.69) is 11.1 Å². The van der Waals surface area contributed by atoms with Crippen LogP contribution in [0.2, 0.25) is 0 Å². The van der Waals surface area contributed by atoms with Crippen LogP contribution >= 0.6 is 11.3 Å². The number of para-hydroxylation sites is 1. The summed E-state index contributed by atoms with van der Waals surface area (Å²) in [7, 11) is 0. The number of nitrogens with zero attached hydrogens (tertiary/aromatic N) is 4. The second-order valence-electron chi connectivity index (χ2n) is 15.3. The van der Waals surface area contributed by atoms with E-state index >= 15 is 4.79 Å². The van der Waals surface area contributed by atoms with Crippen LogP contribution in [0.1, 0.15) is 93.3 Å². The minimum absolute atomic E-state index is 0.0844. The Hall–Kier alpha value is -4.36. The van der Waals surface area contributed by atoms with Crippen molar-refractivity contribution < 1.29 is 50.5 Å². The molecule has 1 aromatic carbocycles. The van der Waals surface area contributed by atoms with Crippen LogP contribution in [0.4, 0.5) is 26.3 Å². The second-order valence-corrected chi connectivity index (χ2v) is 16.3. The number of alkyl halides is 6. The monoisotopic (exact) mass is 806 g/mol. The van der Waals surface area contributed by atoms with Gasteiger partial charge in [-0.15, -0.1) is 11.3 Å². The van der Waals surface area contributed by atoms with Crippen molar-refractivity contribution in [3.05, 3.63) is 75.7 Å². The van der Waals surface area contributed by atoms with Crippen molar-refractivity contribution in [2.45, 2.75) is 114 Å². The topological polar surface area (TPSA) is 116 Å². The van der Waals surface area contributed by atoms with E-state index in [0.29, 0.717) is 67.7 Å². The van der Waals surface area contributed by atoms with Gasteiger partial charge in [-0.05, 0) is 76.6 Å². The van der Waals surface area contributed by atoms with Crippen LogP contribution < -0.4 is 9.47 Å². The van der Waals surface area contributed by atoms with Gasteiger partial charge in [0, 0.05) is 49.3 Å². The minimum atomic E-state index is -4.69. The zero-order valence-electron chi connectivity index (χ0n) is 31.1. The molecular formula is C40H44F6N4O5S. The summed E-state index contributed by atoms with van der Waals surface area (Å²) in [5.41, 5.74) is -4.30. The van der Waals surface area contributed by atoms with E-state index in [1.54, 1.807) is 41.0 Å². The van der Waals surface area contributed by atoms with Crippen LogP contribution in [-0.2, 0) is 33.9 Å². The summed E-state index contributed by atoms with van der Waals surface area (Å²) >= 11 is 0.427. The Labute approximate surface area is 325 Å². The molecule has 3 fully saturated rings. The lowest BCUT2D eigenvalue weighted by Gasteiger charge is -2.51. The van der Waals surface area contributed by atoms with E-state index in [0.717, 1.165) is 12.1 Å². The smallest absolute Gasteiger partial charge is 0.425 e. The zero-order chi connectivity index (χ0) is 40.5. The number of benzene rings is 1. The molecule has 2 saturated heterocycles. The number of carboxylic acids is 1. The molecule has 6 rings (SSSR count). The van der Waals surface area contributed by atoms with Gasteiger partial charge in [0.25, 0.3) is 5.91 Å². The molecule has 16 heteroatoms. The number of rotatable bonds is 11. The van der Waals surface area contributed by atoms with Crippen molar-refractivity contribution >= 4 is 23.2 Å². The molecule has 2 aliphatic heterocycles. The fraction of sp³-hybridized carbons (Fsp3) is 0.550. The summed E-state index contributed by atoms with van der Waals surface area (Å²) in [5, 5.41) is 21.6. The lowest BCUT2D eigenvalue weighted by atomic mass is 9.72. The van der Waals surface area contributed by atoms with Crippen LogP contribution in [0.15, 0.2) is 54.0 Å². The first-order chi connectivity index (χ1) is 26.4. The molecule has 1 saturated carbocycles. The Balaban J connectivity index is 1.30. The van der Waals surface area contributed by atoms with Gasteiger partial charge < -0.3 is 19.5 Å². The molecule has 302 valence electrons. The number of nitriles is 1. The number of piperidine rings is 2. The Morgan fingerprint density at radius 1 is 1.04 bits per heavy atom. The van der Waals surface area contributed by atoms with Gasteiger partial charge in [-0.25, -0.2) is 0 Å². The molecule has 56 heavy (non-hydrogen) atoms. The predicted octanol–water partition coefficient (Wildman–Crippen LogP) is 8.87. The van der Waals surface area contributed by atoms with Crippen molar-refractivity contribution in [2.75, 3.05) is 19.6 Å². The molecule has 4 heterocycles. The van der Waals surface area contributed by atoms with E-state index in [4.69, 9.17) is 9.47 Å². The quantitative estimate of drug-likeness (QED) is 0.191. The molecule has 9 nitrogen and oxygen atoms in total. The molecule has 1 amide bonds. The zero-order valence-corrected chi connectivity index (χ0v) is 31.9. The summed E-state index contributed by atoms with van der Waals surface area (Å²) in [6, 6.07) is 11.7. The average molecular weight is 807 g/mol. The van der Waals surface area contributed by atoms with E-state index in [9.17, 15) is 41.5 Å². The van der Waals surface area contributed by atoms with Crippen LogP contribution in [0.25, 0.3) is 0 Å². The summed E-state index contributed by atoms with van der Waals surface area (Å²) in [6.07, 6.45) is -5.60. The molecule has 4 atom stereocenters. The average Bonchev–Trinajstić information content (AvgIpc) is 3.80. The number of pyridine rings is 1. The van der Waals surface area contributed by atoms with E-state index in [-0.39, 0.29) is 56.4 Å². The molecule has 2 aromatic heterocycles. The summed E-state index contributed by atoms with van der Waals surface area (Å²) < 4.78 is 96.2. The maximum atomic E-state index is 15.0. The van der Waals surface area contributed by atoms with Gasteiger partial charge in [-0.2, -0.15) is 31.6 Å². The second kappa shape index (κ2) is 15.9. The summed E-state index contributed by atoms with van der Waals surface area (Å²) in [5.74, 6) is -1.10. The normalized spacial score (nSPS) is 25.7. The largest absolute Gasteiger partial charge is 0.490 e. The molecule has 3 aromatic rings.